The zero-order valence-corrected chi connectivity index (χ0v) is 13.5. The lowest BCUT2D eigenvalue weighted by Crippen LogP contribution is -2.46. The molecule has 0 saturated heterocycles. The van der Waals surface area contributed by atoms with Crippen LogP contribution in [0.3, 0.4) is 0 Å². The fraction of sp³-hybridized carbons (Fsp3) is 0.533. The largest absolute Gasteiger partial charge is 0.495 e. The summed E-state index contributed by atoms with van der Waals surface area (Å²) in [4.78, 5) is 28.5. The minimum Gasteiger partial charge on any atom is -0.495 e. The van der Waals surface area contributed by atoms with E-state index in [1.807, 2.05) is 0 Å². The Kier molecular flexibility index (Phi) is 5.73. The number of ether oxygens (including phenoxy) is 2. The van der Waals surface area contributed by atoms with Gasteiger partial charge in [-0.05, 0) is 32.4 Å². The summed E-state index contributed by atoms with van der Waals surface area (Å²) in [6.07, 6.45) is 2.49. The zero-order valence-electron chi connectivity index (χ0n) is 13.5. The first kappa shape index (κ1) is 17.7. The molecule has 0 radical (unpaired) electrons. The molecule has 1 amide bonds. The molecule has 1 N–H and O–H groups in total. The molecule has 1 heterocycles. The Morgan fingerprint density at radius 3 is 2.50 bits per heavy atom. The number of hydrogen-bond donors (Lipinski definition) is 1. The molecule has 22 heavy (non-hydrogen) atoms. The molecule has 122 valence electrons. The maximum Gasteiger partial charge on any atom is 0.410 e. The highest BCUT2D eigenvalue weighted by molar-refractivity contribution is 5.80. The lowest BCUT2D eigenvalue weighted by atomic mass is 10.1. The maximum absolute atomic E-state index is 12.0. The molecule has 0 aliphatic carbocycles. The van der Waals surface area contributed by atoms with Crippen LogP contribution in [-0.2, 0) is 16.0 Å². The highest BCUT2D eigenvalue weighted by atomic mass is 16.6. The highest BCUT2D eigenvalue weighted by Gasteiger charge is 2.30. The van der Waals surface area contributed by atoms with E-state index in [-0.39, 0.29) is 6.42 Å². The SMILES string of the molecule is COc1cncc(CC(C(=O)O)N(C)C(=O)OC(C)(C)C)c1. The van der Waals surface area contributed by atoms with Crippen LogP contribution in [0.5, 0.6) is 5.75 Å². The normalized spacial score (nSPS) is 12.4. The molecular formula is C15H22N2O5. The number of rotatable bonds is 5. The predicted molar refractivity (Wildman–Crippen MR) is 79.9 cm³/mol. The Bertz CT molecular complexity index is 539. The Morgan fingerprint density at radius 1 is 1.36 bits per heavy atom. The van der Waals surface area contributed by atoms with Crippen molar-refractivity contribution in [3.05, 3.63) is 24.0 Å². The summed E-state index contributed by atoms with van der Waals surface area (Å²) >= 11 is 0. The highest BCUT2D eigenvalue weighted by Crippen LogP contribution is 2.16. The molecule has 1 rings (SSSR count). The van der Waals surface area contributed by atoms with E-state index in [9.17, 15) is 14.7 Å². The van der Waals surface area contributed by atoms with Crippen molar-refractivity contribution in [2.24, 2.45) is 0 Å². The Morgan fingerprint density at radius 2 is 2.00 bits per heavy atom. The molecule has 0 fully saturated rings. The molecule has 0 bridgehead atoms. The van der Waals surface area contributed by atoms with Crippen molar-refractivity contribution in [1.29, 1.82) is 0 Å². The van der Waals surface area contributed by atoms with Crippen LogP contribution in [0.25, 0.3) is 0 Å². The van der Waals surface area contributed by atoms with Crippen LogP contribution in [0.15, 0.2) is 18.5 Å². The monoisotopic (exact) mass is 310 g/mol. The van der Waals surface area contributed by atoms with E-state index in [0.29, 0.717) is 11.3 Å². The molecule has 7 nitrogen and oxygen atoms in total. The summed E-state index contributed by atoms with van der Waals surface area (Å²) in [5.41, 5.74) is -0.0338. The number of aliphatic carboxylic acids is 1. The van der Waals surface area contributed by atoms with E-state index in [4.69, 9.17) is 9.47 Å². The summed E-state index contributed by atoms with van der Waals surface area (Å²) in [6.45, 7) is 5.17. The molecule has 1 aromatic rings. The van der Waals surface area contributed by atoms with Gasteiger partial charge in [0.2, 0.25) is 0 Å². The van der Waals surface area contributed by atoms with Crippen LogP contribution in [-0.4, -0.2) is 52.9 Å². The number of hydrogen-bond acceptors (Lipinski definition) is 5. The van der Waals surface area contributed by atoms with Gasteiger partial charge < -0.3 is 14.6 Å². The van der Waals surface area contributed by atoms with Crippen LogP contribution in [0, 0.1) is 0 Å². The molecule has 0 spiro atoms. The second-order valence-electron chi connectivity index (χ2n) is 5.88. The molecule has 0 aromatic carbocycles. The Balaban J connectivity index is 2.89. The summed E-state index contributed by atoms with van der Waals surface area (Å²) < 4.78 is 10.3. The summed E-state index contributed by atoms with van der Waals surface area (Å²) in [5, 5.41) is 9.38. The van der Waals surface area contributed by atoms with E-state index in [1.54, 1.807) is 33.0 Å². The molecule has 1 unspecified atom stereocenters. The topological polar surface area (TPSA) is 89.0 Å². The predicted octanol–water partition coefficient (Wildman–Crippen LogP) is 1.95. The van der Waals surface area contributed by atoms with Gasteiger partial charge in [-0.3, -0.25) is 9.88 Å². The lowest BCUT2D eigenvalue weighted by Gasteiger charge is -2.28. The minimum atomic E-state index is -1.11. The summed E-state index contributed by atoms with van der Waals surface area (Å²) in [7, 11) is 2.91. The van der Waals surface area contributed by atoms with Crippen molar-refractivity contribution in [2.45, 2.75) is 38.8 Å². The quantitative estimate of drug-likeness (QED) is 0.894. The van der Waals surface area contributed by atoms with E-state index in [2.05, 4.69) is 4.98 Å². The molecule has 0 saturated carbocycles. The van der Waals surface area contributed by atoms with Gasteiger partial charge in [-0.2, -0.15) is 0 Å². The maximum atomic E-state index is 12.0. The third-order valence-corrected chi connectivity index (χ3v) is 2.87. The fourth-order valence-electron chi connectivity index (χ4n) is 1.76. The third-order valence-electron chi connectivity index (χ3n) is 2.87. The molecule has 0 aliphatic rings. The molecule has 0 aliphatic heterocycles. The number of methoxy groups -OCH3 is 1. The summed E-state index contributed by atoms with van der Waals surface area (Å²) in [6, 6.07) is 0.634. The van der Waals surface area contributed by atoms with Gasteiger partial charge >= 0.3 is 12.1 Å². The van der Waals surface area contributed by atoms with Crippen LogP contribution in [0.4, 0.5) is 4.79 Å². The number of amides is 1. The molecule has 1 aromatic heterocycles. The van der Waals surface area contributed by atoms with Gasteiger partial charge in [-0.1, -0.05) is 0 Å². The van der Waals surface area contributed by atoms with Gasteiger partial charge in [0, 0.05) is 19.7 Å². The van der Waals surface area contributed by atoms with Crippen LogP contribution < -0.4 is 4.74 Å². The first-order valence-corrected chi connectivity index (χ1v) is 6.80. The summed E-state index contributed by atoms with van der Waals surface area (Å²) in [5.74, 6) is -0.585. The minimum absolute atomic E-state index is 0.106. The number of carboxylic acids is 1. The van der Waals surface area contributed by atoms with Gasteiger partial charge in [0.25, 0.3) is 0 Å². The zero-order chi connectivity index (χ0) is 16.9. The second kappa shape index (κ2) is 7.11. The van der Waals surface area contributed by atoms with Gasteiger partial charge in [0.15, 0.2) is 0 Å². The molecule has 7 heteroatoms. The van der Waals surface area contributed by atoms with Gasteiger partial charge in [0.05, 0.1) is 13.3 Å². The first-order valence-electron chi connectivity index (χ1n) is 6.80. The van der Waals surface area contributed by atoms with Crippen molar-refractivity contribution < 1.29 is 24.2 Å². The van der Waals surface area contributed by atoms with Gasteiger partial charge in [-0.15, -0.1) is 0 Å². The number of carboxylic acid groups (broad SMARTS) is 1. The standard InChI is InChI=1S/C15H22N2O5/c1-15(2,3)22-14(20)17(4)12(13(18)19)7-10-6-11(21-5)9-16-8-10/h6,8-9,12H,7H2,1-5H3,(H,18,19). The fourth-order valence-corrected chi connectivity index (χ4v) is 1.76. The van der Waals surface area contributed by atoms with Crippen molar-refractivity contribution >= 4 is 12.1 Å². The average molecular weight is 310 g/mol. The van der Waals surface area contributed by atoms with Crippen molar-refractivity contribution in [3.8, 4) is 5.75 Å². The number of likely N-dealkylation sites (N-methyl/N-ethyl adjacent to an activating group) is 1. The van der Waals surface area contributed by atoms with E-state index >= 15 is 0 Å². The number of nitrogens with zero attached hydrogens (tertiary/aromatic N) is 2. The second-order valence-corrected chi connectivity index (χ2v) is 5.88. The van der Waals surface area contributed by atoms with Gasteiger partial charge in [0.1, 0.15) is 17.4 Å². The molecular weight excluding hydrogens is 288 g/mol. The van der Waals surface area contributed by atoms with Crippen LogP contribution in [0.1, 0.15) is 26.3 Å². The van der Waals surface area contributed by atoms with Crippen LogP contribution in [0.2, 0.25) is 0 Å². The average Bonchev–Trinajstić information content (AvgIpc) is 2.42. The molecule has 1 atom stereocenters. The van der Waals surface area contributed by atoms with Crippen molar-refractivity contribution in [1.82, 2.24) is 9.88 Å². The lowest BCUT2D eigenvalue weighted by molar-refractivity contribution is -0.142. The van der Waals surface area contributed by atoms with E-state index in [0.717, 1.165) is 4.90 Å². The number of aromatic nitrogens is 1. The number of carbonyl (C=O) groups is 2. The first-order chi connectivity index (χ1) is 10.1. The Hall–Kier alpha value is -2.31. The van der Waals surface area contributed by atoms with E-state index < -0.39 is 23.7 Å². The van der Waals surface area contributed by atoms with Crippen molar-refractivity contribution in [2.75, 3.05) is 14.2 Å². The third kappa shape index (κ3) is 5.23. The number of carbonyl (C=O) groups excluding carboxylic acids is 1. The van der Waals surface area contributed by atoms with Crippen molar-refractivity contribution in [3.63, 3.8) is 0 Å². The Labute approximate surface area is 129 Å². The van der Waals surface area contributed by atoms with Gasteiger partial charge in [-0.25, -0.2) is 9.59 Å². The van der Waals surface area contributed by atoms with E-state index in [1.165, 1.54) is 20.4 Å². The smallest absolute Gasteiger partial charge is 0.410 e. The van der Waals surface area contributed by atoms with Crippen LogP contribution >= 0.6 is 0 Å². The number of pyridine rings is 1.